The lowest BCUT2D eigenvalue weighted by Crippen LogP contribution is -2.36. The van der Waals surface area contributed by atoms with E-state index >= 15 is 0 Å². The molecule has 0 saturated carbocycles. The van der Waals surface area contributed by atoms with Crippen molar-refractivity contribution in [2.75, 3.05) is 12.3 Å². The maximum Gasteiger partial charge on any atom is 0.0421 e. The van der Waals surface area contributed by atoms with Gasteiger partial charge in [-0.1, -0.05) is 6.08 Å². The van der Waals surface area contributed by atoms with Crippen LogP contribution in [0, 0.1) is 0 Å². The summed E-state index contributed by atoms with van der Waals surface area (Å²) < 4.78 is 0. The summed E-state index contributed by atoms with van der Waals surface area (Å²) in [5.41, 5.74) is 9.08. The molecule has 0 fully saturated rings. The minimum absolute atomic E-state index is 0.176. The topological polar surface area (TPSA) is 50.9 Å². The van der Waals surface area contributed by atoms with Crippen molar-refractivity contribution < 1.29 is 0 Å². The second kappa shape index (κ2) is 5.82. The third-order valence-electron chi connectivity index (χ3n) is 2.53. The van der Waals surface area contributed by atoms with Crippen LogP contribution in [0.4, 0.5) is 5.69 Å². The van der Waals surface area contributed by atoms with E-state index in [1.165, 1.54) is 5.57 Å². The highest BCUT2D eigenvalue weighted by Crippen LogP contribution is 2.19. The number of aromatic nitrogens is 1. The van der Waals surface area contributed by atoms with Gasteiger partial charge in [-0.05, 0) is 52.3 Å². The first-order chi connectivity index (χ1) is 7.90. The predicted octanol–water partition coefficient (Wildman–Crippen LogP) is 2.85. The zero-order valence-electron chi connectivity index (χ0n) is 11.2. The number of nitrogens with two attached hydrogens (primary N) is 1. The molecule has 0 saturated heterocycles. The second-order valence-corrected chi connectivity index (χ2v) is 5.32. The Kier molecular flexibility index (Phi) is 4.70. The zero-order valence-corrected chi connectivity index (χ0v) is 11.2. The van der Waals surface area contributed by atoms with Crippen molar-refractivity contribution in [2.24, 2.45) is 0 Å². The molecule has 0 aromatic carbocycles. The van der Waals surface area contributed by atoms with E-state index in [4.69, 9.17) is 5.73 Å². The number of pyridine rings is 1. The molecule has 17 heavy (non-hydrogen) atoms. The Bertz CT molecular complexity index is 389. The molecule has 0 aliphatic heterocycles. The fourth-order valence-corrected chi connectivity index (χ4v) is 1.58. The molecule has 0 radical (unpaired) electrons. The molecule has 0 bridgehead atoms. The van der Waals surface area contributed by atoms with Gasteiger partial charge < -0.3 is 11.1 Å². The summed E-state index contributed by atoms with van der Waals surface area (Å²) in [6.45, 7) is 9.56. The van der Waals surface area contributed by atoms with E-state index in [1.54, 1.807) is 6.20 Å². The van der Waals surface area contributed by atoms with E-state index in [0.717, 1.165) is 24.2 Å². The molecule has 1 aromatic heterocycles. The normalized spacial score (nSPS) is 12.8. The Morgan fingerprint density at radius 3 is 2.76 bits per heavy atom. The fraction of sp³-hybridized carbons (Fsp3) is 0.500. The van der Waals surface area contributed by atoms with Gasteiger partial charge in [0.15, 0.2) is 0 Å². The quantitative estimate of drug-likeness (QED) is 0.786. The van der Waals surface area contributed by atoms with Gasteiger partial charge in [-0.25, -0.2) is 0 Å². The van der Waals surface area contributed by atoms with Crippen molar-refractivity contribution in [3.05, 3.63) is 30.1 Å². The van der Waals surface area contributed by atoms with E-state index < -0.39 is 0 Å². The second-order valence-electron chi connectivity index (χ2n) is 5.32. The lowest BCUT2D eigenvalue weighted by atomic mass is 10.1. The molecule has 1 aromatic rings. The van der Waals surface area contributed by atoms with Crippen LogP contribution in [0.2, 0.25) is 0 Å². The largest absolute Gasteiger partial charge is 0.398 e. The molecule has 3 nitrogen and oxygen atoms in total. The number of nitrogens with one attached hydrogen (secondary N) is 1. The highest BCUT2D eigenvalue weighted by Gasteiger charge is 2.06. The van der Waals surface area contributed by atoms with Gasteiger partial charge in [0.2, 0.25) is 0 Å². The van der Waals surface area contributed by atoms with Crippen LogP contribution in [0.3, 0.4) is 0 Å². The lowest BCUT2D eigenvalue weighted by Gasteiger charge is -2.19. The first-order valence-corrected chi connectivity index (χ1v) is 6.02. The molecule has 94 valence electrons. The number of hydrogen-bond acceptors (Lipinski definition) is 3. The van der Waals surface area contributed by atoms with Gasteiger partial charge in [-0.3, -0.25) is 4.98 Å². The summed E-state index contributed by atoms with van der Waals surface area (Å²) in [6, 6.07) is 1.83. The number of anilines is 1. The molecule has 0 aliphatic rings. The SMILES string of the molecule is CC(=CCCNC(C)(C)C)c1cnccc1N. The maximum atomic E-state index is 5.90. The first-order valence-electron chi connectivity index (χ1n) is 6.02. The van der Waals surface area contributed by atoms with Crippen LogP contribution in [-0.4, -0.2) is 17.1 Å². The zero-order chi connectivity index (χ0) is 12.9. The third-order valence-corrected chi connectivity index (χ3v) is 2.53. The van der Waals surface area contributed by atoms with E-state index in [1.807, 2.05) is 12.3 Å². The van der Waals surface area contributed by atoms with Crippen LogP contribution in [0.25, 0.3) is 5.57 Å². The van der Waals surface area contributed by atoms with Gasteiger partial charge in [0.25, 0.3) is 0 Å². The monoisotopic (exact) mass is 233 g/mol. The van der Waals surface area contributed by atoms with Crippen molar-refractivity contribution in [3.8, 4) is 0 Å². The van der Waals surface area contributed by atoms with Gasteiger partial charge in [0.1, 0.15) is 0 Å². The van der Waals surface area contributed by atoms with Crippen molar-refractivity contribution in [2.45, 2.75) is 39.7 Å². The van der Waals surface area contributed by atoms with Gasteiger partial charge in [-0.2, -0.15) is 0 Å². The van der Waals surface area contributed by atoms with Crippen LogP contribution in [0.15, 0.2) is 24.5 Å². The molecule has 1 rings (SSSR count). The Balaban J connectivity index is 2.53. The van der Waals surface area contributed by atoms with E-state index in [2.05, 4.69) is 44.1 Å². The molecule has 1 heterocycles. The van der Waals surface area contributed by atoms with Crippen LogP contribution in [0.1, 0.15) is 39.7 Å². The Labute approximate surface area is 104 Å². The number of nitrogen functional groups attached to an aromatic ring is 1. The highest BCUT2D eigenvalue weighted by molar-refractivity contribution is 5.72. The minimum atomic E-state index is 0.176. The van der Waals surface area contributed by atoms with Crippen LogP contribution in [0.5, 0.6) is 0 Å². The Hall–Kier alpha value is -1.35. The molecular formula is C14H23N3. The lowest BCUT2D eigenvalue weighted by molar-refractivity contribution is 0.431. The summed E-state index contributed by atoms with van der Waals surface area (Å²) in [5, 5.41) is 3.45. The minimum Gasteiger partial charge on any atom is -0.398 e. The van der Waals surface area contributed by atoms with Crippen molar-refractivity contribution in [3.63, 3.8) is 0 Å². The van der Waals surface area contributed by atoms with Gasteiger partial charge in [0.05, 0.1) is 0 Å². The summed E-state index contributed by atoms with van der Waals surface area (Å²) in [6.07, 6.45) is 6.73. The van der Waals surface area contributed by atoms with Crippen molar-refractivity contribution in [1.29, 1.82) is 0 Å². The molecule has 0 amide bonds. The number of nitrogens with zero attached hydrogens (tertiary/aromatic N) is 1. The third kappa shape index (κ3) is 5.00. The molecule has 3 heteroatoms. The first kappa shape index (κ1) is 13.7. The number of hydrogen-bond donors (Lipinski definition) is 2. The van der Waals surface area contributed by atoms with Crippen molar-refractivity contribution in [1.82, 2.24) is 10.3 Å². The van der Waals surface area contributed by atoms with Crippen LogP contribution >= 0.6 is 0 Å². The summed E-state index contributed by atoms with van der Waals surface area (Å²) >= 11 is 0. The van der Waals surface area contributed by atoms with Crippen LogP contribution < -0.4 is 11.1 Å². The maximum absolute atomic E-state index is 5.90. The van der Waals surface area contributed by atoms with E-state index in [0.29, 0.717) is 0 Å². The average molecular weight is 233 g/mol. The summed E-state index contributed by atoms with van der Waals surface area (Å²) in [5.74, 6) is 0. The molecule has 3 N–H and O–H groups in total. The van der Waals surface area contributed by atoms with Gasteiger partial charge in [-0.15, -0.1) is 0 Å². The fourth-order valence-electron chi connectivity index (χ4n) is 1.58. The average Bonchev–Trinajstić information content (AvgIpc) is 2.23. The van der Waals surface area contributed by atoms with E-state index in [9.17, 15) is 0 Å². The summed E-state index contributed by atoms with van der Waals surface area (Å²) in [4.78, 5) is 4.10. The van der Waals surface area contributed by atoms with E-state index in [-0.39, 0.29) is 5.54 Å². The number of rotatable bonds is 4. The molecule has 0 unspecified atom stereocenters. The molecule has 0 spiro atoms. The standard InChI is InChI=1S/C14H23N3/c1-11(6-5-8-17-14(2,3)4)12-10-16-9-7-13(12)15/h6-7,9-10,17H,5,8H2,1-4H3,(H2,15,16). The molecule has 0 aliphatic carbocycles. The smallest absolute Gasteiger partial charge is 0.0421 e. The molecular weight excluding hydrogens is 210 g/mol. The van der Waals surface area contributed by atoms with Crippen LogP contribution in [-0.2, 0) is 0 Å². The Morgan fingerprint density at radius 2 is 2.18 bits per heavy atom. The molecule has 0 atom stereocenters. The predicted molar refractivity (Wildman–Crippen MR) is 74.7 cm³/mol. The Morgan fingerprint density at radius 1 is 1.47 bits per heavy atom. The van der Waals surface area contributed by atoms with Gasteiger partial charge in [0, 0.05) is 29.2 Å². The van der Waals surface area contributed by atoms with Crippen molar-refractivity contribution >= 4 is 11.3 Å². The summed E-state index contributed by atoms with van der Waals surface area (Å²) in [7, 11) is 0. The van der Waals surface area contributed by atoms with Gasteiger partial charge >= 0.3 is 0 Å². The highest BCUT2D eigenvalue weighted by atomic mass is 14.9. The number of allylic oxidation sites excluding steroid dienone is 1.